The van der Waals surface area contributed by atoms with E-state index in [2.05, 4.69) is 15.7 Å². The van der Waals surface area contributed by atoms with Gasteiger partial charge in [-0.15, -0.1) is 0 Å². The first-order chi connectivity index (χ1) is 15.6. The Bertz CT molecular complexity index is 1140. The van der Waals surface area contributed by atoms with Gasteiger partial charge in [-0.3, -0.25) is 0 Å². The van der Waals surface area contributed by atoms with E-state index in [9.17, 15) is 0 Å². The lowest BCUT2D eigenvalue weighted by Gasteiger charge is -2.12. The third-order valence-corrected chi connectivity index (χ3v) is 4.84. The van der Waals surface area contributed by atoms with Crippen molar-refractivity contribution in [3.63, 3.8) is 0 Å². The molecule has 2 aromatic heterocycles. The van der Waals surface area contributed by atoms with Crippen LogP contribution >= 0.6 is 0 Å². The predicted octanol–water partition coefficient (Wildman–Crippen LogP) is 4.79. The molecule has 8 nitrogen and oxygen atoms in total. The zero-order valence-corrected chi connectivity index (χ0v) is 18.6. The van der Waals surface area contributed by atoms with Crippen LogP contribution in [0.4, 0.5) is 17.5 Å². The quantitative estimate of drug-likeness (QED) is 0.348. The maximum Gasteiger partial charge on any atom is 0.226 e. The average molecular weight is 433 g/mol. The molecule has 0 unspecified atom stereocenters. The van der Waals surface area contributed by atoms with E-state index >= 15 is 0 Å². The number of para-hydroxylation sites is 1. The van der Waals surface area contributed by atoms with E-state index in [4.69, 9.17) is 19.4 Å². The third kappa shape index (κ3) is 5.15. The first-order valence-electron chi connectivity index (χ1n) is 10.7. The van der Waals surface area contributed by atoms with Crippen molar-refractivity contribution in [3.05, 3.63) is 60.8 Å². The minimum atomic E-state index is 0.225. The van der Waals surface area contributed by atoms with Gasteiger partial charge in [0.1, 0.15) is 11.6 Å². The Morgan fingerprint density at radius 3 is 2.50 bits per heavy atom. The summed E-state index contributed by atoms with van der Waals surface area (Å²) in [6.07, 6.45) is 2.87. The number of ether oxygens (including phenoxy) is 2. The smallest absolute Gasteiger partial charge is 0.226 e. The van der Waals surface area contributed by atoms with Gasteiger partial charge in [0, 0.05) is 18.8 Å². The average Bonchev–Trinajstić information content (AvgIpc) is 3.24. The molecule has 4 rings (SSSR count). The standard InChI is InChI=1S/C24H28N6O2/c1-17(2)32-15-7-14-25-24-28-22(27-18-10-12-20(31-3)13-11-18)21-16-26-30(23(21)29-24)19-8-5-4-6-9-19/h4-6,8-13,16-17H,7,14-15H2,1-3H3,(H2,25,27,28,29). The van der Waals surface area contributed by atoms with Crippen molar-refractivity contribution >= 4 is 28.5 Å². The summed E-state index contributed by atoms with van der Waals surface area (Å²) in [5.74, 6) is 2.02. The summed E-state index contributed by atoms with van der Waals surface area (Å²) in [6, 6.07) is 17.7. The second-order valence-corrected chi connectivity index (χ2v) is 7.58. The molecule has 0 saturated carbocycles. The van der Waals surface area contributed by atoms with Gasteiger partial charge in [0.2, 0.25) is 5.95 Å². The van der Waals surface area contributed by atoms with Crippen LogP contribution in [0.25, 0.3) is 16.7 Å². The number of anilines is 3. The van der Waals surface area contributed by atoms with Crippen LogP contribution in [-0.2, 0) is 4.74 Å². The highest BCUT2D eigenvalue weighted by Gasteiger charge is 2.14. The maximum absolute atomic E-state index is 5.62. The summed E-state index contributed by atoms with van der Waals surface area (Å²) in [6.45, 7) is 5.46. The molecule has 166 valence electrons. The van der Waals surface area contributed by atoms with Crippen molar-refractivity contribution in [1.82, 2.24) is 19.7 Å². The molecular weight excluding hydrogens is 404 g/mol. The van der Waals surface area contributed by atoms with Crippen molar-refractivity contribution in [1.29, 1.82) is 0 Å². The molecule has 0 aliphatic carbocycles. The Hall–Kier alpha value is -3.65. The maximum atomic E-state index is 5.62. The highest BCUT2D eigenvalue weighted by Crippen LogP contribution is 2.27. The van der Waals surface area contributed by atoms with Crippen molar-refractivity contribution in [2.75, 3.05) is 30.9 Å². The number of hydrogen-bond donors (Lipinski definition) is 2. The van der Waals surface area contributed by atoms with Gasteiger partial charge in [0.15, 0.2) is 5.65 Å². The van der Waals surface area contributed by atoms with Crippen LogP contribution in [0, 0.1) is 0 Å². The number of fused-ring (bicyclic) bond motifs is 1. The van der Waals surface area contributed by atoms with Crippen LogP contribution in [0.3, 0.4) is 0 Å². The molecule has 0 bridgehead atoms. The zero-order valence-electron chi connectivity index (χ0n) is 18.6. The van der Waals surface area contributed by atoms with Crippen molar-refractivity contribution in [3.8, 4) is 11.4 Å². The summed E-state index contributed by atoms with van der Waals surface area (Å²) >= 11 is 0. The number of nitrogens with zero attached hydrogens (tertiary/aromatic N) is 4. The second kappa shape index (κ2) is 10.1. The minimum absolute atomic E-state index is 0.225. The molecule has 2 heterocycles. The highest BCUT2D eigenvalue weighted by molar-refractivity contribution is 5.90. The molecule has 32 heavy (non-hydrogen) atoms. The molecule has 4 aromatic rings. The van der Waals surface area contributed by atoms with E-state index < -0.39 is 0 Å². The minimum Gasteiger partial charge on any atom is -0.497 e. The molecule has 0 saturated heterocycles. The Labute approximate surface area is 187 Å². The van der Waals surface area contributed by atoms with Gasteiger partial charge in [-0.05, 0) is 56.7 Å². The molecule has 2 N–H and O–H groups in total. The summed E-state index contributed by atoms with van der Waals surface area (Å²) in [7, 11) is 1.65. The van der Waals surface area contributed by atoms with Gasteiger partial charge in [0.25, 0.3) is 0 Å². The number of nitrogens with one attached hydrogen (secondary N) is 2. The fourth-order valence-electron chi connectivity index (χ4n) is 3.24. The Kier molecular flexibility index (Phi) is 6.81. The van der Waals surface area contributed by atoms with E-state index in [-0.39, 0.29) is 6.10 Å². The summed E-state index contributed by atoms with van der Waals surface area (Å²) in [5, 5.41) is 12.1. The van der Waals surface area contributed by atoms with Crippen LogP contribution in [0.2, 0.25) is 0 Å². The summed E-state index contributed by atoms with van der Waals surface area (Å²) in [5.41, 5.74) is 2.56. The van der Waals surface area contributed by atoms with Crippen LogP contribution in [0.5, 0.6) is 5.75 Å². The van der Waals surface area contributed by atoms with E-state index in [1.807, 2.05) is 73.1 Å². The fourth-order valence-corrected chi connectivity index (χ4v) is 3.24. The highest BCUT2D eigenvalue weighted by atomic mass is 16.5. The molecule has 0 aliphatic heterocycles. The summed E-state index contributed by atoms with van der Waals surface area (Å²) in [4.78, 5) is 9.47. The SMILES string of the molecule is COc1ccc(Nc2nc(NCCCOC(C)C)nc3c2cnn3-c2ccccc2)cc1. The lowest BCUT2D eigenvalue weighted by Crippen LogP contribution is -2.12. The first-order valence-corrected chi connectivity index (χ1v) is 10.7. The number of benzene rings is 2. The van der Waals surface area contributed by atoms with Crippen LogP contribution in [-0.4, -0.2) is 46.1 Å². The van der Waals surface area contributed by atoms with E-state index in [1.165, 1.54) is 0 Å². The van der Waals surface area contributed by atoms with Crippen molar-refractivity contribution < 1.29 is 9.47 Å². The van der Waals surface area contributed by atoms with Crippen LogP contribution < -0.4 is 15.4 Å². The zero-order chi connectivity index (χ0) is 22.3. The number of rotatable bonds is 10. The molecule has 0 radical (unpaired) electrons. The van der Waals surface area contributed by atoms with E-state index in [0.717, 1.165) is 34.6 Å². The van der Waals surface area contributed by atoms with Gasteiger partial charge >= 0.3 is 0 Å². The molecule has 0 fully saturated rings. The Morgan fingerprint density at radius 1 is 1.00 bits per heavy atom. The molecule has 0 amide bonds. The third-order valence-electron chi connectivity index (χ3n) is 4.84. The number of methoxy groups -OCH3 is 1. The van der Waals surface area contributed by atoms with Gasteiger partial charge in [0.05, 0.1) is 30.5 Å². The molecule has 0 atom stereocenters. The monoisotopic (exact) mass is 432 g/mol. The largest absolute Gasteiger partial charge is 0.497 e. The lowest BCUT2D eigenvalue weighted by atomic mass is 10.3. The van der Waals surface area contributed by atoms with E-state index in [0.29, 0.717) is 24.9 Å². The Balaban J connectivity index is 1.64. The number of aromatic nitrogens is 4. The Morgan fingerprint density at radius 2 is 1.78 bits per heavy atom. The molecule has 2 aromatic carbocycles. The normalized spacial score (nSPS) is 11.1. The molecule has 0 spiro atoms. The number of hydrogen-bond acceptors (Lipinski definition) is 7. The topological polar surface area (TPSA) is 86.1 Å². The van der Waals surface area contributed by atoms with Crippen molar-refractivity contribution in [2.24, 2.45) is 0 Å². The first kappa shape index (κ1) is 21.6. The molecule has 0 aliphatic rings. The summed E-state index contributed by atoms with van der Waals surface area (Å²) < 4.78 is 12.7. The molecule has 8 heteroatoms. The van der Waals surface area contributed by atoms with Gasteiger partial charge in [-0.1, -0.05) is 18.2 Å². The van der Waals surface area contributed by atoms with Crippen LogP contribution in [0.15, 0.2) is 60.8 Å². The fraction of sp³-hybridized carbons (Fsp3) is 0.292. The van der Waals surface area contributed by atoms with Crippen molar-refractivity contribution in [2.45, 2.75) is 26.4 Å². The van der Waals surface area contributed by atoms with E-state index in [1.54, 1.807) is 13.3 Å². The van der Waals surface area contributed by atoms with Crippen LogP contribution in [0.1, 0.15) is 20.3 Å². The second-order valence-electron chi connectivity index (χ2n) is 7.58. The van der Waals surface area contributed by atoms with Gasteiger partial charge < -0.3 is 20.1 Å². The predicted molar refractivity (Wildman–Crippen MR) is 127 cm³/mol. The lowest BCUT2D eigenvalue weighted by molar-refractivity contribution is 0.0787. The molecular formula is C24H28N6O2. The van der Waals surface area contributed by atoms with Gasteiger partial charge in [-0.2, -0.15) is 15.1 Å². The van der Waals surface area contributed by atoms with Gasteiger partial charge in [-0.25, -0.2) is 4.68 Å².